The van der Waals surface area contributed by atoms with Crippen LogP contribution in [0.2, 0.25) is 0 Å². The predicted octanol–water partition coefficient (Wildman–Crippen LogP) is -1.64. The molecule has 13 heavy (non-hydrogen) atoms. The molecule has 0 saturated carbocycles. The molecule has 0 heterocycles. The molecule has 0 unspecified atom stereocenters. The third kappa shape index (κ3) is 51.6. The third-order valence-electron chi connectivity index (χ3n) is 0.173. The normalized spacial score (nSPS) is 11.2. The predicted molar refractivity (Wildman–Crippen MR) is 34.4 cm³/mol. The first-order chi connectivity index (χ1) is 5.42. The van der Waals surface area contributed by atoms with Crippen molar-refractivity contribution in [3.8, 4) is 0 Å². The van der Waals surface area contributed by atoms with Gasteiger partial charge in [0.25, 0.3) is 0 Å². The summed E-state index contributed by atoms with van der Waals surface area (Å²) < 4.78 is 21.2. The molecule has 0 rings (SSSR count). The first-order valence-electron chi connectivity index (χ1n) is 2.10. The van der Waals surface area contributed by atoms with Crippen molar-refractivity contribution < 1.29 is 43.3 Å². The maximum Gasteiger partial charge on any atom is 0.501 e. The molecule has 0 aliphatic rings. The molecule has 0 aliphatic heterocycles. The van der Waals surface area contributed by atoms with Gasteiger partial charge in [0.15, 0.2) is 0 Å². The van der Waals surface area contributed by atoms with Crippen molar-refractivity contribution in [1.29, 1.82) is 0 Å². The van der Waals surface area contributed by atoms with Gasteiger partial charge in [-0.25, -0.2) is 9.13 Å². The van der Waals surface area contributed by atoms with Crippen LogP contribution in [-0.4, -0.2) is 29.6 Å². The summed E-state index contributed by atoms with van der Waals surface area (Å²) in [5.74, 6) is 0. The summed E-state index contributed by atoms with van der Waals surface area (Å²) in [5.41, 5.74) is 0. The van der Waals surface area contributed by atoms with Crippen molar-refractivity contribution in [2.24, 2.45) is 0 Å². The van der Waals surface area contributed by atoms with E-state index in [4.69, 9.17) is 39.1 Å². The highest BCUT2D eigenvalue weighted by Gasteiger charge is 2.17. The van der Waals surface area contributed by atoms with Gasteiger partial charge in [0.05, 0.1) is 0 Å². The van der Waals surface area contributed by atoms with Gasteiger partial charge in [-0.1, -0.05) is 0 Å². The molecule has 0 radical (unpaired) electrons. The van der Waals surface area contributed by atoms with Crippen LogP contribution in [0.25, 0.3) is 0 Å². The van der Waals surface area contributed by atoms with Crippen LogP contribution in [0.3, 0.4) is 0 Å². The van der Waals surface area contributed by atoms with Gasteiger partial charge in [-0.15, -0.1) is 10.1 Å². The number of phosphoric acid groups is 2. The van der Waals surface area contributed by atoms with Gasteiger partial charge in [0.1, 0.15) is 0 Å². The summed E-state index contributed by atoms with van der Waals surface area (Å²) in [4.78, 5) is 45.9. The second kappa shape index (κ2) is 5.25. The van der Waals surface area contributed by atoms with Gasteiger partial charge in [0.2, 0.25) is 0 Å². The number of nitrogens with zero attached hydrogens (tertiary/aromatic N) is 1. The molecule has 11 nitrogen and oxygen atoms in total. The highest BCUT2D eigenvalue weighted by atomic mass is 31.2. The first-order valence-corrected chi connectivity index (χ1v) is 5.19. The molecule has 0 aromatic heterocycles. The topological polar surface area (TPSA) is 188 Å². The summed E-state index contributed by atoms with van der Waals surface area (Å²) in [6.07, 6.45) is 0. The van der Waals surface area contributed by atoms with Crippen LogP contribution in [0.1, 0.15) is 0 Å². The Balaban J connectivity index is 0. The van der Waals surface area contributed by atoms with Crippen LogP contribution >= 0.6 is 15.6 Å². The quantitative estimate of drug-likeness (QED) is 0.213. The Morgan fingerprint density at radius 2 is 1.31 bits per heavy atom. The van der Waals surface area contributed by atoms with Crippen LogP contribution in [0.15, 0.2) is 0 Å². The van der Waals surface area contributed by atoms with E-state index in [0.717, 1.165) is 0 Å². The molecule has 80 valence electrons. The van der Waals surface area contributed by atoms with E-state index < -0.39 is 20.7 Å². The van der Waals surface area contributed by atoms with Crippen molar-refractivity contribution in [2.45, 2.75) is 0 Å². The molecule has 0 fully saturated rings. The third-order valence-corrected chi connectivity index (χ3v) is 0.519. The minimum atomic E-state index is -4.92. The second-order valence-electron chi connectivity index (χ2n) is 1.31. The SMILES string of the molecule is O=P(O)(O)O.O=[N+]([O-])OP(=O)(O)O. The Kier molecular flexibility index (Phi) is 6.04. The highest BCUT2D eigenvalue weighted by molar-refractivity contribution is 7.46. The van der Waals surface area contributed by atoms with E-state index in [1.54, 1.807) is 0 Å². The lowest BCUT2D eigenvalue weighted by Crippen LogP contribution is -1.96. The Morgan fingerprint density at radius 3 is 1.31 bits per heavy atom. The maximum absolute atomic E-state index is 9.47. The lowest BCUT2D eigenvalue weighted by molar-refractivity contribution is -0.718. The molecule has 0 aromatic rings. The van der Waals surface area contributed by atoms with Crippen molar-refractivity contribution in [2.75, 3.05) is 0 Å². The van der Waals surface area contributed by atoms with E-state index in [9.17, 15) is 4.57 Å². The first kappa shape index (κ1) is 15.0. The van der Waals surface area contributed by atoms with Crippen LogP contribution in [-0.2, 0) is 13.8 Å². The molecule has 5 N–H and O–H groups in total. The zero-order chi connectivity index (χ0) is 11.3. The van der Waals surface area contributed by atoms with Crippen LogP contribution in [0.4, 0.5) is 0 Å². The zero-order valence-corrected chi connectivity index (χ0v) is 7.41. The summed E-state index contributed by atoms with van der Waals surface area (Å²) in [6.45, 7) is 0. The van der Waals surface area contributed by atoms with Crippen LogP contribution in [0, 0.1) is 10.1 Å². The lowest BCUT2D eigenvalue weighted by Gasteiger charge is -1.95. The average Bonchev–Trinajstić information content (AvgIpc) is 1.47. The van der Waals surface area contributed by atoms with E-state index in [-0.39, 0.29) is 0 Å². The van der Waals surface area contributed by atoms with Gasteiger partial charge in [-0.05, 0) is 0 Å². The summed E-state index contributed by atoms with van der Waals surface area (Å²) in [5, 5.41) is 7.55. The van der Waals surface area contributed by atoms with Crippen molar-refractivity contribution in [3.05, 3.63) is 10.1 Å². The van der Waals surface area contributed by atoms with E-state index >= 15 is 0 Å². The Hall–Kier alpha value is -0.540. The molecule has 0 spiro atoms. The molecule has 13 heteroatoms. The molecular formula is H5NO10P2. The molecule has 0 aromatic carbocycles. The van der Waals surface area contributed by atoms with E-state index in [1.165, 1.54) is 0 Å². The van der Waals surface area contributed by atoms with E-state index in [2.05, 4.69) is 4.62 Å². The zero-order valence-electron chi connectivity index (χ0n) is 5.62. The molecule has 0 bridgehead atoms. The number of hydrogen-bond donors (Lipinski definition) is 5. The largest absolute Gasteiger partial charge is 0.501 e. The fraction of sp³-hybridized carbons (Fsp3) is 0. The van der Waals surface area contributed by atoms with Crippen molar-refractivity contribution >= 4 is 15.6 Å². The van der Waals surface area contributed by atoms with Gasteiger partial charge < -0.3 is 24.5 Å². The standard InChI is InChI=1S/H2NO6P.H3O4P/c2-1(3)7-8(4,5)6;1-5(2,3)4/h(H2,4,5,6);(H3,1,2,3,4). The summed E-state index contributed by atoms with van der Waals surface area (Å²) >= 11 is 0. The maximum atomic E-state index is 9.47. The lowest BCUT2D eigenvalue weighted by atomic mass is 13.1. The molecule has 0 aliphatic carbocycles. The fourth-order valence-corrected chi connectivity index (χ4v) is 0.261. The number of rotatable bonds is 2. The highest BCUT2D eigenvalue weighted by Crippen LogP contribution is 2.35. The van der Waals surface area contributed by atoms with Crippen LogP contribution in [0.5, 0.6) is 0 Å². The second-order valence-corrected chi connectivity index (χ2v) is 3.48. The van der Waals surface area contributed by atoms with E-state index in [1.807, 2.05) is 0 Å². The van der Waals surface area contributed by atoms with Crippen molar-refractivity contribution in [1.82, 2.24) is 0 Å². The fourth-order valence-electron chi connectivity index (χ4n) is 0.0868. The minimum Gasteiger partial charge on any atom is -0.305 e. The molecule has 0 atom stereocenters. The van der Waals surface area contributed by atoms with Gasteiger partial charge in [0, 0.05) is 0 Å². The Bertz CT molecular complexity index is 233. The van der Waals surface area contributed by atoms with Gasteiger partial charge >= 0.3 is 20.7 Å². The molecule has 0 saturated heterocycles. The van der Waals surface area contributed by atoms with Crippen molar-refractivity contribution in [3.63, 3.8) is 0 Å². The smallest absolute Gasteiger partial charge is 0.305 e. The number of hydrogen-bond acceptors (Lipinski definition) is 5. The van der Waals surface area contributed by atoms with Gasteiger partial charge in [-0.3, -0.25) is 0 Å². The summed E-state index contributed by atoms with van der Waals surface area (Å²) in [6, 6.07) is 0. The Labute approximate surface area is 70.2 Å². The van der Waals surface area contributed by atoms with E-state index in [0.29, 0.717) is 0 Å². The van der Waals surface area contributed by atoms with Gasteiger partial charge in [-0.2, -0.15) is 4.62 Å². The summed E-state index contributed by atoms with van der Waals surface area (Å²) in [7, 11) is -9.56. The molecule has 0 amide bonds. The van der Waals surface area contributed by atoms with Crippen LogP contribution < -0.4 is 0 Å². The average molecular weight is 241 g/mol. The molecular weight excluding hydrogens is 236 g/mol. The Morgan fingerprint density at radius 1 is 1.08 bits per heavy atom. The monoisotopic (exact) mass is 241 g/mol. The minimum absolute atomic E-state index is 1.55.